The number of nitrogens with zero attached hydrogens (tertiary/aromatic N) is 1. The van der Waals surface area contributed by atoms with Gasteiger partial charge in [0.2, 0.25) is 0 Å². The molecule has 1 heterocycles. The Morgan fingerprint density at radius 3 is 2.71 bits per heavy atom. The molecule has 0 aliphatic heterocycles. The van der Waals surface area contributed by atoms with E-state index in [-0.39, 0.29) is 18.5 Å². The molecular formula is C15H20N2O3S. The van der Waals surface area contributed by atoms with Gasteiger partial charge in [-0.25, -0.2) is 0 Å². The molecule has 1 aromatic heterocycles. The van der Waals surface area contributed by atoms with E-state index >= 15 is 0 Å². The number of hydrogen-bond acceptors (Lipinski definition) is 4. The van der Waals surface area contributed by atoms with Gasteiger partial charge in [0.05, 0.1) is 6.54 Å². The van der Waals surface area contributed by atoms with Gasteiger partial charge in [0.25, 0.3) is 5.91 Å². The molecule has 6 heteroatoms. The molecule has 2 saturated carbocycles. The van der Waals surface area contributed by atoms with Crippen LogP contribution in [-0.4, -0.2) is 47.1 Å². The molecule has 0 bridgehead atoms. The fourth-order valence-corrected chi connectivity index (χ4v) is 3.45. The maximum atomic E-state index is 11.9. The lowest BCUT2D eigenvalue weighted by molar-refractivity contribution is -0.139. The van der Waals surface area contributed by atoms with E-state index in [1.807, 2.05) is 16.8 Å². The second-order valence-electron chi connectivity index (χ2n) is 6.07. The lowest BCUT2D eigenvalue weighted by Gasteiger charge is -2.42. The maximum absolute atomic E-state index is 11.9. The lowest BCUT2D eigenvalue weighted by Crippen LogP contribution is -2.55. The van der Waals surface area contributed by atoms with Gasteiger partial charge in [-0.1, -0.05) is 0 Å². The quantitative estimate of drug-likeness (QED) is 0.806. The van der Waals surface area contributed by atoms with Crippen molar-refractivity contribution in [1.29, 1.82) is 0 Å². The summed E-state index contributed by atoms with van der Waals surface area (Å²) < 4.78 is 0. The molecule has 2 aliphatic carbocycles. The first-order chi connectivity index (χ1) is 10.1. The molecule has 21 heavy (non-hydrogen) atoms. The molecule has 0 aromatic carbocycles. The molecule has 114 valence electrons. The van der Waals surface area contributed by atoms with E-state index in [4.69, 9.17) is 5.11 Å². The van der Waals surface area contributed by atoms with Crippen LogP contribution in [0.4, 0.5) is 0 Å². The first-order valence-electron chi connectivity index (χ1n) is 7.40. The predicted octanol–water partition coefficient (Wildman–Crippen LogP) is 1.81. The summed E-state index contributed by atoms with van der Waals surface area (Å²) in [5.41, 5.74) is 0.712. The summed E-state index contributed by atoms with van der Waals surface area (Å²) in [5.74, 6) is -0.100. The molecule has 3 rings (SSSR count). The lowest BCUT2D eigenvalue weighted by atomic mass is 9.85. The fourth-order valence-electron chi connectivity index (χ4n) is 2.81. The molecule has 2 fully saturated rings. The Bertz CT molecular complexity index is 507. The zero-order valence-electron chi connectivity index (χ0n) is 11.8. The molecule has 5 nitrogen and oxygen atoms in total. The third kappa shape index (κ3) is 3.83. The number of thiophene rings is 1. The van der Waals surface area contributed by atoms with Gasteiger partial charge in [0.1, 0.15) is 0 Å². The number of nitrogens with one attached hydrogen (secondary N) is 1. The average molecular weight is 308 g/mol. The number of amides is 1. The van der Waals surface area contributed by atoms with Crippen LogP contribution in [-0.2, 0) is 4.79 Å². The van der Waals surface area contributed by atoms with Crippen molar-refractivity contribution in [3.8, 4) is 0 Å². The Hall–Kier alpha value is -1.40. The van der Waals surface area contributed by atoms with Gasteiger partial charge >= 0.3 is 5.97 Å². The largest absolute Gasteiger partial charge is 0.480 e. The highest BCUT2D eigenvalue weighted by Gasteiger charge is 2.37. The summed E-state index contributed by atoms with van der Waals surface area (Å²) in [6.07, 6.45) is 4.16. The van der Waals surface area contributed by atoms with Crippen LogP contribution in [0.3, 0.4) is 0 Å². The Kier molecular flexibility index (Phi) is 4.26. The van der Waals surface area contributed by atoms with Crippen LogP contribution >= 0.6 is 11.3 Å². The topological polar surface area (TPSA) is 69.6 Å². The summed E-state index contributed by atoms with van der Waals surface area (Å²) in [6.45, 7) is 1.01. The van der Waals surface area contributed by atoms with Crippen LogP contribution < -0.4 is 5.32 Å². The third-order valence-corrected chi connectivity index (χ3v) is 4.96. The van der Waals surface area contributed by atoms with Crippen LogP contribution in [0.5, 0.6) is 0 Å². The van der Waals surface area contributed by atoms with E-state index in [9.17, 15) is 9.59 Å². The summed E-state index contributed by atoms with van der Waals surface area (Å²) >= 11 is 1.51. The highest BCUT2D eigenvalue weighted by molar-refractivity contribution is 7.08. The molecule has 0 radical (unpaired) electrons. The van der Waals surface area contributed by atoms with Gasteiger partial charge in [-0.15, -0.1) is 0 Å². The Morgan fingerprint density at radius 2 is 2.14 bits per heavy atom. The molecule has 0 spiro atoms. The Balaban J connectivity index is 1.46. The number of carboxylic acids is 1. The van der Waals surface area contributed by atoms with E-state index < -0.39 is 5.97 Å². The number of carboxylic acid groups (broad SMARTS) is 1. The number of hydrogen-bond donors (Lipinski definition) is 2. The minimum atomic E-state index is -0.763. The van der Waals surface area contributed by atoms with Crippen molar-refractivity contribution in [2.24, 2.45) is 5.92 Å². The van der Waals surface area contributed by atoms with Gasteiger partial charge in [-0.3, -0.25) is 14.5 Å². The Labute approximate surface area is 128 Å². The summed E-state index contributed by atoms with van der Waals surface area (Å²) in [7, 11) is 0. The number of rotatable bonds is 7. The second-order valence-corrected chi connectivity index (χ2v) is 6.85. The molecule has 0 saturated heterocycles. The van der Waals surface area contributed by atoms with Crippen molar-refractivity contribution in [3.05, 3.63) is 22.4 Å². The van der Waals surface area contributed by atoms with E-state index in [1.165, 1.54) is 24.2 Å². The number of carbonyl (C=O) groups is 2. The van der Waals surface area contributed by atoms with E-state index in [0.29, 0.717) is 17.5 Å². The van der Waals surface area contributed by atoms with Crippen molar-refractivity contribution >= 4 is 23.2 Å². The van der Waals surface area contributed by atoms with Crippen molar-refractivity contribution in [2.75, 3.05) is 13.1 Å². The molecule has 0 atom stereocenters. The fraction of sp³-hybridized carbons (Fsp3) is 0.600. The standard InChI is InChI=1S/C15H20N2O3S/c18-14(19)8-17(7-10-1-2-10)13-5-12(6-13)16-15(20)11-3-4-21-9-11/h3-4,9-10,12-13H,1-2,5-8H2,(H,16,20)(H,18,19). The van der Waals surface area contributed by atoms with Crippen molar-refractivity contribution in [2.45, 2.75) is 37.8 Å². The van der Waals surface area contributed by atoms with Gasteiger partial charge in [-0.2, -0.15) is 11.3 Å². The summed E-state index contributed by atoms with van der Waals surface area (Å²) in [5, 5.41) is 15.8. The van der Waals surface area contributed by atoms with Crippen molar-refractivity contribution in [1.82, 2.24) is 10.2 Å². The van der Waals surface area contributed by atoms with Gasteiger partial charge in [0.15, 0.2) is 0 Å². The maximum Gasteiger partial charge on any atom is 0.317 e. The smallest absolute Gasteiger partial charge is 0.317 e. The van der Waals surface area contributed by atoms with Crippen LogP contribution in [0.2, 0.25) is 0 Å². The van der Waals surface area contributed by atoms with E-state index in [1.54, 1.807) is 0 Å². The van der Waals surface area contributed by atoms with Gasteiger partial charge < -0.3 is 10.4 Å². The normalized spacial score (nSPS) is 24.6. The summed E-state index contributed by atoms with van der Waals surface area (Å²) in [6, 6.07) is 2.30. The second kappa shape index (κ2) is 6.15. The molecule has 2 N–H and O–H groups in total. The van der Waals surface area contributed by atoms with Crippen LogP contribution in [0.1, 0.15) is 36.0 Å². The zero-order valence-corrected chi connectivity index (χ0v) is 12.6. The molecule has 1 aromatic rings. The third-order valence-electron chi connectivity index (χ3n) is 4.28. The molecular weight excluding hydrogens is 288 g/mol. The van der Waals surface area contributed by atoms with Gasteiger partial charge in [-0.05, 0) is 43.0 Å². The predicted molar refractivity (Wildman–Crippen MR) is 80.5 cm³/mol. The monoisotopic (exact) mass is 308 g/mol. The average Bonchev–Trinajstić information content (AvgIpc) is 3.03. The molecule has 2 aliphatic rings. The van der Waals surface area contributed by atoms with Crippen LogP contribution in [0.25, 0.3) is 0 Å². The molecule has 0 unspecified atom stereocenters. The van der Waals surface area contributed by atoms with Gasteiger partial charge in [0, 0.05) is 29.6 Å². The van der Waals surface area contributed by atoms with E-state index in [0.717, 1.165) is 19.4 Å². The van der Waals surface area contributed by atoms with E-state index in [2.05, 4.69) is 10.2 Å². The van der Waals surface area contributed by atoms with Crippen LogP contribution in [0, 0.1) is 5.92 Å². The first kappa shape index (κ1) is 14.5. The highest BCUT2D eigenvalue weighted by Crippen LogP contribution is 2.33. The van der Waals surface area contributed by atoms with Crippen molar-refractivity contribution < 1.29 is 14.7 Å². The minimum Gasteiger partial charge on any atom is -0.480 e. The highest BCUT2D eigenvalue weighted by atomic mass is 32.1. The van der Waals surface area contributed by atoms with Crippen LogP contribution in [0.15, 0.2) is 16.8 Å². The number of aliphatic carboxylic acids is 1. The van der Waals surface area contributed by atoms with Crippen molar-refractivity contribution in [3.63, 3.8) is 0 Å². The number of carbonyl (C=O) groups excluding carboxylic acids is 1. The SMILES string of the molecule is O=C(O)CN(CC1CC1)C1CC(NC(=O)c2ccsc2)C1. The first-order valence-corrected chi connectivity index (χ1v) is 8.35. The molecule has 1 amide bonds. The minimum absolute atomic E-state index is 0.0216. The zero-order chi connectivity index (χ0) is 14.8. The summed E-state index contributed by atoms with van der Waals surface area (Å²) in [4.78, 5) is 25.0. The Morgan fingerprint density at radius 1 is 1.38 bits per heavy atom.